The molecule has 1 fully saturated rings. The molecule has 2 atom stereocenters. The van der Waals surface area contributed by atoms with Gasteiger partial charge in [-0.2, -0.15) is 0 Å². The molecule has 4 N–H and O–H groups in total. The summed E-state index contributed by atoms with van der Waals surface area (Å²) < 4.78 is 5.96. The first-order chi connectivity index (χ1) is 16.4. The lowest BCUT2D eigenvalue weighted by atomic mass is 9.87. The summed E-state index contributed by atoms with van der Waals surface area (Å²) in [6, 6.07) is 16.7. The minimum Gasteiger partial charge on any atom is -0.489 e. The number of aryl methyl sites for hydroxylation is 1. The molecule has 0 aliphatic carbocycles. The molecule has 1 saturated heterocycles. The molecule has 9 heteroatoms. The van der Waals surface area contributed by atoms with Gasteiger partial charge in [0.1, 0.15) is 17.8 Å². The smallest absolute Gasteiger partial charge is 0.251 e. The number of nitrogens with zero attached hydrogens (tertiary/aromatic N) is 1. The average molecular weight is 482 g/mol. The van der Waals surface area contributed by atoms with E-state index >= 15 is 0 Å². The molecule has 4 rings (SSSR count). The number of amides is 2. The van der Waals surface area contributed by atoms with Crippen molar-refractivity contribution in [2.75, 3.05) is 5.75 Å². The Morgan fingerprint density at radius 2 is 1.97 bits per heavy atom. The Bertz CT molecular complexity index is 1190. The molecule has 34 heavy (non-hydrogen) atoms. The molecule has 2 amide bonds. The predicted octanol–water partition coefficient (Wildman–Crippen LogP) is 3.33. The highest BCUT2D eigenvalue weighted by Gasteiger charge is 2.39. The largest absolute Gasteiger partial charge is 0.489 e. The molecular formula is C25H27N3O5S. The van der Waals surface area contributed by atoms with E-state index in [0.29, 0.717) is 30.1 Å². The van der Waals surface area contributed by atoms with Crippen LogP contribution in [0.1, 0.15) is 40.9 Å². The van der Waals surface area contributed by atoms with Crippen LogP contribution in [-0.4, -0.2) is 43.8 Å². The van der Waals surface area contributed by atoms with E-state index in [2.05, 4.69) is 10.3 Å². The molecule has 0 spiro atoms. The van der Waals surface area contributed by atoms with E-state index in [9.17, 15) is 14.7 Å². The summed E-state index contributed by atoms with van der Waals surface area (Å²) in [4.78, 5) is 29.3. The summed E-state index contributed by atoms with van der Waals surface area (Å²) in [7, 11) is 0. The number of aliphatic hydroxyl groups is 1. The van der Waals surface area contributed by atoms with Crippen LogP contribution in [0.25, 0.3) is 10.9 Å². The van der Waals surface area contributed by atoms with Gasteiger partial charge in [-0.3, -0.25) is 19.8 Å². The molecule has 0 radical (unpaired) electrons. The number of thioether (sulfide) groups is 1. The number of aromatic nitrogens is 1. The summed E-state index contributed by atoms with van der Waals surface area (Å²) in [6.45, 7) is 2.31. The highest BCUT2D eigenvalue weighted by atomic mass is 32.2. The van der Waals surface area contributed by atoms with Crippen LogP contribution in [0.15, 0.2) is 54.6 Å². The van der Waals surface area contributed by atoms with Crippen molar-refractivity contribution in [3.63, 3.8) is 0 Å². The summed E-state index contributed by atoms with van der Waals surface area (Å²) in [5.74, 6) is 0.249. The highest BCUT2D eigenvalue weighted by Crippen LogP contribution is 2.34. The van der Waals surface area contributed by atoms with E-state index in [-0.39, 0.29) is 18.7 Å². The summed E-state index contributed by atoms with van der Waals surface area (Å²) in [5.41, 5.74) is 3.28. The van der Waals surface area contributed by atoms with Gasteiger partial charge in [-0.25, -0.2) is 5.48 Å². The monoisotopic (exact) mass is 481 g/mol. The van der Waals surface area contributed by atoms with Gasteiger partial charge in [0, 0.05) is 28.6 Å². The van der Waals surface area contributed by atoms with Crippen molar-refractivity contribution in [1.82, 2.24) is 15.8 Å². The second-order valence-electron chi connectivity index (χ2n) is 8.48. The Kier molecular flexibility index (Phi) is 7.35. The van der Waals surface area contributed by atoms with Gasteiger partial charge in [-0.05, 0) is 55.5 Å². The van der Waals surface area contributed by atoms with E-state index in [0.717, 1.165) is 22.2 Å². The maximum Gasteiger partial charge on any atom is 0.251 e. The maximum absolute atomic E-state index is 12.9. The third kappa shape index (κ3) is 5.67. The van der Waals surface area contributed by atoms with E-state index in [1.165, 1.54) is 11.8 Å². The molecule has 0 bridgehead atoms. The number of ether oxygens (including phenoxy) is 1. The summed E-state index contributed by atoms with van der Waals surface area (Å²) >= 11 is 1.37. The van der Waals surface area contributed by atoms with Gasteiger partial charge in [0.05, 0.1) is 17.5 Å². The van der Waals surface area contributed by atoms with Gasteiger partial charge in [0.25, 0.3) is 5.91 Å². The zero-order valence-electron chi connectivity index (χ0n) is 18.8. The first kappa shape index (κ1) is 24.0. The first-order valence-electron chi connectivity index (χ1n) is 11.0. The average Bonchev–Trinajstić information content (AvgIpc) is 2.82. The number of fused-ring (bicyclic) bond motifs is 1. The molecule has 1 aliphatic heterocycles. The van der Waals surface area contributed by atoms with Gasteiger partial charge in [-0.1, -0.05) is 18.2 Å². The van der Waals surface area contributed by atoms with Gasteiger partial charge >= 0.3 is 0 Å². The third-order valence-corrected chi connectivity index (χ3v) is 6.89. The third-order valence-electron chi connectivity index (χ3n) is 5.90. The van der Waals surface area contributed by atoms with Crippen molar-refractivity contribution >= 4 is 34.5 Å². The second kappa shape index (κ2) is 10.4. The number of para-hydroxylation sites is 1. The summed E-state index contributed by atoms with van der Waals surface area (Å²) in [6.07, 6.45) is 0.610. The summed E-state index contributed by atoms with van der Waals surface area (Å²) in [5, 5.41) is 23.0. The highest BCUT2D eigenvalue weighted by molar-refractivity contribution is 7.99. The number of rotatable bonds is 7. The fourth-order valence-electron chi connectivity index (χ4n) is 4.24. The molecule has 1 aliphatic rings. The van der Waals surface area contributed by atoms with Crippen LogP contribution in [0, 0.1) is 6.92 Å². The van der Waals surface area contributed by atoms with Crippen molar-refractivity contribution in [2.45, 2.75) is 43.8 Å². The number of hydrogen-bond donors (Lipinski definition) is 4. The standard InChI is InChI=1S/C25H27N3O5S/c1-16-12-18(20-4-2-3-5-21(20)26-16)15-33-19-8-6-17(7-9-19)24(31)27-25(13-22(29)28-32)10-11-34-23(30)14-25/h2-9,12,23,30,32H,10-11,13-15H2,1H3,(H,27,31)(H,28,29). The lowest BCUT2D eigenvalue weighted by Crippen LogP contribution is -2.54. The van der Waals surface area contributed by atoms with Crippen LogP contribution in [0.5, 0.6) is 5.75 Å². The van der Waals surface area contributed by atoms with Crippen molar-refractivity contribution < 1.29 is 24.6 Å². The quantitative estimate of drug-likeness (QED) is 0.302. The predicted molar refractivity (Wildman–Crippen MR) is 130 cm³/mol. The molecule has 2 aromatic carbocycles. The Balaban J connectivity index is 1.44. The number of aliphatic hydroxyl groups excluding tert-OH is 1. The van der Waals surface area contributed by atoms with E-state index < -0.39 is 16.9 Å². The molecule has 8 nitrogen and oxygen atoms in total. The minimum absolute atomic E-state index is 0.118. The number of carbonyl (C=O) groups is 2. The van der Waals surface area contributed by atoms with Crippen LogP contribution in [0.2, 0.25) is 0 Å². The van der Waals surface area contributed by atoms with Crippen molar-refractivity contribution in [1.29, 1.82) is 0 Å². The lowest BCUT2D eigenvalue weighted by Gasteiger charge is -2.39. The molecule has 0 saturated carbocycles. The zero-order chi connectivity index (χ0) is 24.1. The van der Waals surface area contributed by atoms with Crippen molar-refractivity contribution in [2.24, 2.45) is 0 Å². The van der Waals surface area contributed by atoms with Gasteiger partial charge in [0.2, 0.25) is 5.91 Å². The maximum atomic E-state index is 12.9. The number of carbonyl (C=O) groups excluding carboxylic acids is 2. The van der Waals surface area contributed by atoms with Crippen molar-refractivity contribution in [3.8, 4) is 5.75 Å². The number of pyridine rings is 1. The zero-order valence-corrected chi connectivity index (χ0v) is 19.6. The Morgan fingerprint density at radius 3 is 2.71 bits per heavy atom. The van der Waals surface area contributed by atoms with Gasteiger partial charge in [0.15, 0.2) is 0 Å². The topological polar surface area (TPSA) is 121 Å². The molecule has 2 heterocycles. The van der Waals surface area contributed by atoms with E-state index in [4.69, 9.17) is 9.94 Å². The molecule has 2 unspecified atom stereocenters. The Labute approximate surface area is 201 Å². The Hall–Kier alpha value is -3.14. The Morgan fingerprint density at radius 1 is 1.21 bits per heavy atom. The molecular weight excluding hydrogens is 454 g/mol. The minimum atomic E-state index is -0.927. The van der Waals surface area contributed by atoms with Crippen LogP contribution in [0.4, 0.5) is 0 Å². The lowest BCUT2D eigenvalue weighted by molar-refractivity contribution is -0.130. The number of benzene rings is 2. The SMILES string of the molecule is Cc1cc(COc2ccc(C(=O)NC3(CC(=O)NO)CCSC(O)C3)cc2)c2ccccc2n1. The van der Waals surface area contributed by atoms with Crippen LogP contribution < -0.4 is 15.5 Å². The van der Waals surface area contributed by atoms with Crippen LogP contribution in [-0.2, 0) is 11.4 Å². The van der Waals surface area contributed by atoms with Gasteiger partial charge < -0.3 is 15.2 Å². The van der Waals surface area contributed by atoms with E-state index in [1.807, 2.05) is 37.3 Å². The molecule has 3 aromatic rings. The van der Waals surface area contributed by atoms with Crippen LogP contribution in [0.3, 0.4) is 0 Å². The van der Waals surface area contributed by atoms with E-state index in [1.54, 1.807) is 29.7 Å². The number of nitrogens with one attached hydrogen (secondary N) is 2. The number of hydroxylamine groups is 1. The molecule has 1 aromatic heterocycles. The number of hydrogen-bond acceptors (Lipinski definition) is 7. The fourth-order valence-corrected chi connectivity index (χ4v) is 5.46. The van der Waals surface area contributed by atoms with Crippen molar-refractivity contribution in [3.05, 3.63) is 71.4 Å². The second-order valence-corrected chi connectivity index (χ2v) is 9.76. The first-order valence-corrected chi connectivity index (χ1v) is 12.1. The normalized spacial score (nSPS) is 20.0. The molecule has 178 valence electrons. The fraction of sp³-hybridized carbons (Fsp3) is 0.320. The van der Waals surface area contributed by atoms with Crippen LogP contribution >= 0.6 is 11.8 Å². The van der Waals surface area contributed by atoms with Gasteiger partial charge in [-0.15, -0.1) is 11.8 Å².